The number of amides is 1. The average molecular weight is 362 g/mol. The fraction of sp³-hybridized carbons (Fsp3) is 0.333. The predicted molar refractivity (Wildman–Crippen MR) is 77.4 cm³/mol. The van der Waals surface area contributed by atoms with E-state index in [9.17, 15) is 9.59 Å². The normalized spacial score (nSPS) is 11.9. The number of anilines is 1. The topological polar surface area (TPSA) is 92.4 Å². The van der Waals surface area contributed by atoms with Gasteiger partial charge in [-0.05, 0) is 47.2 Å². The molecule has 0 unspecified atom stereocenters. The maximum absolute atomic E-state index is 11.9. The lowest BCUT2D eigenvalue weighted by molar-refractivity contribution is -0.139. The number of hydrogen-bond donors (Lipinski definition) is 3. The van der Waals surface area contributed by atoms with Gasteiger partial charge in [0.15, 0.2) is 0 Å². The Labute approximate surface area is 119 Å². The average Bonchev–Trinajstić information content (AvgIpc) is 2.26. The number of nitrogens with one attached hydrogen (secondary N) is 1. The minimum Gasteiger partial charge on any atom is -0.480 e. The molecule has 1 rings (SSSR count). The van der Waals surface area contributed by atoms with Gasteiger partial charge >= 0.3 is 5.97 Å². The summed E-state index contributed by atoms with van der Waals surface area (Å²) in [6.45, 7) is 1.87. The van der Waals surface area contributed by atoms with Crippen LogP contribution < -0.4 is 11.1 Å². The van der Waals surface area contributed by atoms with E-state index in [1.54, 1.807) is 12.1 Å². The number of carbonyl (C=O) groups excluding carboxylic acids is 1. The first-order valence-corrected chi connectivity index (χ1v) is 6.61. The van der Waals surface area contributed by atoms with Gasteiger partial charge in [0.2, 0.25) is 0 Å². The van der Waals surface area contributed by atoms with Crippen LogP contribution in [-0.2, 0) is 4.79 Å². The summed E-state index contributed by atoms with van der Waals surface area (Å²) in [5, 5.41) is 11.5. The number of carboxylic acids is 1. The van der Waals surface area contributed by atoms with Crippen LogP contribution in [0.5, 0.6) is 0 Å². The van der Waals surface area contributed by atoms with E-state index in [-0.39, 0.29) is 0 Å². The summed E-state index contributed by atoms with van der Waals surface area (Å²) in [7, 11) is 0. The van der Waals surface area contributed by atoms with Crippen molar-refractivity contribution in [2.24, 2.45) is 0 Å². The Bertz CT molecular complexity index is 442. The first kappa shape index (κ1) is 14.7. The van der Waals surface area contributed by atoms with Gasteiger partial charge in [0.05, 0.1) is 0 Å². The molecule has 1 aromatic rings. The van der Waals surface area contributed by atoms with Gasteiger partial charge in [-0.3, -0.25) is 4.79 Å². The van der Waals surface area contributed by atoms with Crippen LogP contribution in [0.3, 0.4) is 0 Å². The number of nitrogen functional groups attached to an aromatic ring is 1. The molecular formula is C12H15IN2O3. The fourth-order valence-corrected chi connectivity index (χ4v) is 2.23. The quantitative estimate of drug-likeness (QED) is 0.551. The van der Waals surface area contributed by atoms with Crippen molar-refractivity contribution in [3.63, 3.8) is 0 Å². The van der Waals surface area contributed by atoms with Crippen molar-refractivity contribution >= 4 is 40.2 Å². The lowest BCUT2D eigenvalue weighted by Crippen LogP contribution is -2.40. The van der Waals surface area contributed by atoms with Gasteiger partial charge in [0.25, 0.3) is 5.91 Å². The molecule has 6 heteroatoms. The molecule has 0 heterocycles. The molecule has 0 radical (unpaired) electrons. The van der Waals surface area contributed by atoms with Crippen molar-refractivity contribution in [2.75, 3.05) is 5.73 Å². The molecule has 0 bridgehead atoms. The zero-order chi connectivity index (χ0) is 13.7. The van der Waals surface area contributed by atoms with Crippen LogP contribution in [0.2, 0.25) is 0 Å². The van der Waals surface area contributed by atoms with Crippen molar-refractivity contribution in [2.45, 2.75) is 25.8 Å². The van der Waals surface area contributed by atoms with Crippen LogP contribution in [0, 0.1) is 3.57 Å². The summed E-state index contributed by atoms with van der Waals surface area (Å²) in [5.41, 5.74) is 6.50. The van der Waals surface area contributed by atoms with Crippen LogP contribution in [0.25, 0.3) is 0 Å². The molecule has 0 fully saturated rings. The van der Waals surface area contributed by atoms with Crippen molar-refractivity contribution in [3.05, 3.63) is 27.3 Å². The van der Waals surface area contributed by atoms with Gasteiger partial charge in [0, 0.05) is 14.8 Å². The SMILES string of the molecule is CCC[C@@H](NC(=O)c1cc(N)cc(I)c1)C(=O)O. The summed E-state index contributed by atoms with van der Waals surface area (Å²) in [6, 6.07) is 4.07. The molecule has 1 aromatic carbocycles. The number of aliphatic carboxylic acids is 1. The highest BCUT2D eigenvalue weighted by molar-refractivity contribution is 14.1. The van der Waals surface area contributed by atoms with E-state index in [0.29, 0.717) is 24.1 Å². The summed E-state index contributed by atoms with van der Waals surface area (Å²) in [5.74, 6) is -1.44. The van der Waals surface area contributed by atoms with E-state index in [4.69, 9.17) is 10.8 Å². The van der Waals surface area contributed by atoms with Crippen LogP contribution in [0.4, 0.5) is 5.69 Å². The molecule has 4 N–H and O–H groups in total. The zero-order valence-electron chi connectivity index (χ0n) is 9.94. The molecule has 18 heavy (non-hydrogen) atoms. The molecule has 0 aliphatic carbocycles. The molecule has 1 amide bonds. The Morgan fingerprint density at radius 3 is 2.61 bits per heavy atom. The molecule has 0 saturated carbocycles. The number of halogens is 1. The third kappa shape index (κ3) is 4.17. The number of carbonyl (C=O) groups is 2. The van der Waals surface area contributed by atoms with E-state index in [0.717, 1.165) is 3.57 Å². The highest BCUT2D eigenvalue weighted by Crippen LogP contribution is 2.14. The highest BCUT2D eigenvalue weighted by atomic mass is 127. The third-order valence-electron chi connectivity index (χ3n) is 2.36. The Morgan fingerprint density at radius 2 is 2.11 bits per heavy atom. The van der Waals surface area contributed by atoms with Gasteiger partial charge in [-0.2, -0.15) is 0 Å². The van der Waals surface area contributed by atoms with E-state index in [2.05, 4.69) is 27.9 Å². The van der Waals surface area contributed by atoms with Crippen molar-refractivity contribution in [3.8, 4) is 0 Å². The summed E-state index contributed by atoms with van der Waals surface area (Å²) < 4.78 is 0.833. The van der Waals surface area contributed by atoms with Crippen molar-refractivity contribution in [1.82, 2.24) is 5.32 Å². The third-order valence-corrected chi connectivity index (χ3v) is 2.99. The Kier molecular flexibility index (Phi) is 5.39. The Morgan fingerprint density at radius 1 is 1.44 bits per heavy atom. The molecule has 0 saturated heterocycles. The van der Waals surface area contributed by atoms with Gasteiger partial charge in [-0.1, -0.05) is 13.3 Å². The molecule has 0 spiro atoms. The summed E-state index contributed by atoms with van der Waals surface area (Å²) >= 11 is 2.05. The number of rotatable bonds is 5. The summed E-state index contributed by atoms with van der Waals surface area (Å²) in [6.07, 6.45) is 1.09. The Hall–Kier alpha value is -1.31. The molecule has 5 nitrogen and oxygen atoms in total. The first-order chi connectivity index (χ1) is 8.43. The van der Waals surface area contributed by atoms with Gasteiger partial charge in [0.1, 0.15) is 6.04 Å². The van der Waals surface area contributed by atoms with E-state index < -0.39 is 17.9 Å². The second kappa shape index (κ2) is 6.58. The van der Waals surface area contributed by atoms with Crippen LogP contribution in [-0.4, -0.2) is 23.0 Å². The molecule has 0 aromatic heterocycles. The van der Waals surface area contributed by atoms with Crippen LogP contribution >= 0.6 is 22.6 Å². The predicted octanol–water partition coefficient (Wildman–Crippen LogP) is 1.86. The van der Waals surface area contributed by atoms with Gasteiger partial charge < -0.3 is 16.2 Å². The van der Waals surface area contributed by atoms with Crippen molar-refractivity contribution in [1.29, 1.82) is 0 Å². The standard InChI is InChI=1S/C12H15IN2O3/c1-2-3-10(12(17)18)15-11(16)7-4-8(13)6-9(14)5-7/h4-6,10H,2-3,14H2,1H3,(H,15,16)(H,17,18)/t10-/m1/s1. The summed E-state index contributed by atoms with van der Waals surface area (Å²) in [4.78, 5) is 22.9. The zero-order valence-corrected chi connectivity index (χ0v) is 12.1. The van der Waals surface area contributed by atoms with Gasteiger partial charge in [-0.25, -0.2) is 4.79 Å². The van der Waals surface area contributed by atoms with Gasteiger partial charge in [-0.15, -0.1) is 0 Å². The first-order valence-electron chi connectivity index (χ1n) is 5.53. The highest BCUT2D eigenvalue weighted by Gasteiger charge is 2.19. The lowest BCUT2D eigenvalue weighted by Gasteiger charge is -2.13. The fourth-order valence-electron chi connectivity index (χ4n) is 1.53. The molecule has 98 valence electrons. The number of nitrogens with two attached hydrogens (primary N) is 1. The minimum atomic E-state index is -1.02. The second-order valence-electron chi connectivity index (χ2n) is 3.93. The maximum atomic E-state index is 11.9. The molecule has 0 aliphatic rings. The minimum absolute atomic E-state index is 0.377. The van der Waals surface area contributed by atoms with E-state index in [1.165, 1.54) is 6.07 Å². The molecule has 1 atom stereocenters. The molecular weight excluding hydrogens is 347 g/mol. The number of benzene rings is 1. The van der Waals surface area contributed by atoms with Crippen LogP contribution in [0.1, 0.15) is 30.1 Å². The maximum Gasteiger partial charge on any atom is 0.326 e. The van der Waals surface area contributed by atoms with Crippen molar-refractivity contribution < 1.29 is 14.7 Å². The monoisotopic (exact) mass is 362 g/mol. The Balaban J connectivity index is 2.83. The van der Waals surface area contributed by atoms with Crippen LogP contribution in [0.15, 0.2) is 18.2 Å². The van der Waals surface area contributed by atoms with E-state index >= 15 is 0 Å². The van der Waals surface area contributed by atoms with E-state index in [1.807, 2.05) is 6.92 Å². The number of carboxylic acid groups (broad SMARTS) is 1. The smallest absolute Gasteiger partial charge is 0.326 e. The largest absolute Gasteiger partial charge is 0.480 e. The second-order valence-corrected chi connectivity index (χ2v) is 5.17. The molecule has 0 aliphatic heterocycles. The number of hydrogen-bond acceptors (Lipinski definition) is 3. The lowest BCUT2D eigenvalue weighted by atomic mass is 10.1.